The molecule has 1 N–H and O–H groups in total. The monoisotopic (exact) mass is 288 g/mol. The molecule has 0 aliphatic rings. The van der Waals surface area contributed by atoms with Crippen molar-refractivity contribution in [2.45, 2.75) is 19.4 Å². The zero-order valence-corrected chi connectivity index (χ0v) is 12.5. The highest BCUT2D eigenvalue weighted by molar-refractivity contribution is 5.33. The number of ether oxygens (including phenoxy) is 2. The van der Waals surface area contributed by atoms with E-state index in [1.54, 1.807) is 32.8 Å². The molecule has 1 atom stereocenters. The lowest BCUT2D eigenvalue weighted by molar-refractivity contribution is 0.352. The zero-order valence-electron chi connectivity index (χ0n) is 12.5. The first-order valence-electron chi connectivity index (χ1n) is 6.88. The summed E-state index contributed by atoms with van der Waals surface area (Å²) in [5, 5.41) is 3.46. The third-order valence-corrected chi connectivity index (χ3v) is 3.06. The average Bonchev–Trinajstić information content (AvgIpc) is 2.56. The minimum atomic E-state index is -0.0960. The van der Waals surface area contributed by atoms with Crippen molar-refractivity contribution in [2.24, 2.45) is 0 Å². The van der Waals surface area contributed by atoms with E-state index in [-0.39, 0.29) is 6.04 Å². The summed E-state index contributed by atoms with van der Waals surface area (Å²) in [4.78, 5) is 12.8. The molecule has 0 amide bonds. The van der Waals surface area contributed by atoms with Gasteiger partial charge in [-0.2, -0.15) is 4.98 Å². The largest absolute Gasteiger partial charge is 0.480 e. The van der Waals surface area contributed by atoms with Crippen molar-refractivity contribution in [2.75, 3.05) is 20.8 Å². The molecule has 6 nitrogen and oxygen atoms in total. The Morgan fingerprint density at radius 3 is 2.57 bits per heavy atom. The van der Waals surface area contributed by atoms with Crippen LogP contribution in [0.2, 0.25) is 0 Å². The molecule has 0 aliphatic heterocycles. The van der Waals surface area contributed by atoms with Gasteiger partial charge in [0.05, 0.1) is 26.5 Å². The van der Waals surface area contributed by atoms with Crippen LogP contribution in [0.3, 0.4) is 0 Å². The van der Waals surface area contributed by atoms with E-state index in [1.807, 2.05) is 12.1 Å². The maximum absolute atomic E-state index is 5.36. The van der Waals surface area contributed by atoms with E-state index in [0.717, 1.165) is 24.2 Å². The highest BCUT2D eigenvalue weighted by atomic mass is 16.5. The lowest BCUT2D eigenvalue weighted by atomic mass is 10.0. The second-order valence-corrected chi connectivity index (χ2v) is 4.47. The Morgan fingerprint density at radius 1 is 1.19 bits per heavy atom. The van der Waals surface area contributed by atoms with E-state index in [1.165, 1.54) is 0 Å². The van der Waals surface area contributed by atoms with Crippen LogP contribution < -0.4 is 14.8 Å². The van der Waals surface area contributed by atoms with Gasteiger partial charge in [0.1, 0.15) is 5.69 Å². The molecule has 112 valence electrons. The maximum Gasteiger partial charge on any atom is 0.240 e. The van der Waals surface area contributed by atoms with Crippen LogP contribution in [0.5, 0.6) is 11.8 Å². The van der Waals surface area contributed by atoms with Crippen LogP contribution in [0, 0.1) is 0 Å². The predicted molar refractivity (Wildman–Crippen MR) is 79.5 cm³/mol. The smallest absolute Gasteiger partial charge is 0.240 e. The summed E-state index contributed by atoms with van der Waals surface area (Å²) in [5.41, 5.74) is 1.80. The maximum atomic E-state index is 5.36. The molecule has 21 heavy (non-hydrogen) atoms. The van der Waals surface area contributed by atoms with E-state index in [9.17, 15) is 0 Å². The van der Waals surface area contributed by atoms with Gasteiger partial charge in [-0.1, -0.05) is 6.92 Å². The van der Waals surface area contributed by atoms with Crippen molar-refractivity contribution in [1.82, 2.24) is 20.3 Å². The highest BCUT2D eigenvalue weighted by Gasteiger charge is 2.21. The summed E-state index contributed by atoms with van der Waals surface area (Å²) in [5.74, 6) is 0.888. The molecule has 0 fully saturated rings. The second-order valence-electron chi connectivity index (χ2n) is 4.47. The Bertz CT molecular complexity index is 563. The quantitative estimate of drug-likeness (QED) is 0.840. The van der Waals surface area contributed by atoms with Gasteiger partial charge in [0.2, 0.25) is 11.8 Å². The molecular formula is C15H20N4O2. The summed E-state index contributed by atoms with van der Waals surface area (Å²) in [6.07, 6.45) is 6.14. The summed E-state index contributed by atoms with van der Waals surface area (Å²) >= 11 is 0. The number of nitrogens with zero attached hydrogens (tertiary/aromatic N) is 3. The van der Waals surface area contributed by atoms with Crippen LogP contribution in [-0.2, 0) is 0 Å². The summed E-state index contributed by atoms with van der Waals surface area (Å²) in [6, 6.07) is 3.82. The van der Waals surface area contributed by atoms with E-state index in [2.05, 4.69) is 27.2 Å². The van der Waals surface area contributed by atoms with Crippen molar-refractivity contribution < 1.29 is 9.47 Å². The number of pyridine rings is 1. The van der Waals surface area contributed by atoms with Gasteiger partial charge in [-0.05, 0) is 30.7 Å². The van der Waals surface area contributed by atoms with Gasteiger partial charge in [0.25, 0.3) is 0 Å². The van der Waals surface area contributed by atoms with Gasteiger partial charge < -0.3 is 14.8 Å². The number of rotatable bonds is 7. The molecule has 0 spiro atoms. The first-order valence-corrected chi connectivity index (χ1v) is 6.88. The summed E-state index contributed by atoms with van der Waals surface area (Å²) in [6.45, 7) is 2.98. The van der Waals surface area contributed by atoms with Gasteiger partial charge in [0.15, 0.2) is 0 Å². The lowest BCUT2D eigenvalue weighted by Crippen LogP contribution is -2.25. The molecule has 2 aromatic rings. The van der Waals surface area contributed by atoms with Crippen molar-refractivity contribution in [3.05, 3.63) is 42.0 Å². The van der Waals surface area contributed by atoms with Crippen molar-refractivity contribution in [3.8, 4) is 11.8 Å². The van der Waals surface area contributed by atoms with Gasteiger partial charge in [-0.3, -0.25) is 4.98 Å². The van der Waals surface area contributed by atoms with E-state index in [0.29, 0.717) is 11.8 Å². The molecule has 6 heteroatoms. The van der Waals surface area contributed by atoms with Crippen LogP contribution >= 0.6 is 0 Å². The van der Waals surface area contributed by atoms with E-state index < -0.39 is 0 Å². The molecule has 0 bridgehead atoms. The number of methoxy groups -OCH3 is 2. The first kappa shape index (κ1) is 15.2. The number of hydrogen-bond donors (Lipinski definition) is 1. The number of aromatic nitrogens is 3. The lowest BCUT2D eigenvalue weighted by Gasteiger charge is -2.20. The van der Waals surface area contributed by atoms with Gasteiger partial charge >= 0.3 is 0 Å². The summed E-state index contributed by atoms with van der Waals surface area (Å²) < 4.78 is 10.5. The van der Waals surface area contributed by atoms with E-state index in [4.69, 9.17) is 9.47 Å². The van der Waals surface area contributed by atoms with Crippen LogP contribution in [0.15, 0.2) is 30.7 Å². The Labute approximate surface area is 124 Å². The molecule has 0 radical (unpaired) electrons. The Hall–Kier alpha value is -2.21. The second kappa shape index (κ2) is 7.54. The fourth-order valence-electron chi connectivity index (χ4n) is 2.03. The standard InChI is InChI=1S/C15H20N4O2/c1-4-7-17-13(11-5-8-16-9-6-11)14-15(21-3)19-12(20-2)10-18-14/h5-6,8-10,13,17H,4,7H2,1-3H3. The highest BCUT2D eigenvalue weighted by Crippen LogP contribution is 2.27. The molecule has 1 unspecified atom stereocenters. The normalized spacial score (nSPS) is 12.0. The minimum Gasteiger partial charge on any atom is -0.480 e. The minimum absolute atomic E-state index is 0.0960. The topological polar surface area (TPSA) is 69.2 Å². The van der Waals surface area contributed by atoms with Crippen molar-refractivity contribution in [1.29, 1.82) is 0 Å². The van der Waals surface area contributed by atoms with Gasteiger partial charge in [-0.25, -0.2) is 4.98 Å². The van der Waals surface area contributed by atoms with Crippen LogP contribution in [0.1, 0.15) is 30.6 Å². The Kier molecular flexibility index (Phi) is 5.45. The average molecular weight is 288 g/mol. The molecule has 2 rings (SSSR count). The Morgan fingerprint density at radius 2 is 1.95 bits per heavy atom. The SMILES string of the molecule is CCCNC(c1ccncc1)c1ncc(OC)nc1OC. The molecular weight excluding hydrogens is 268 g/mol. The zero-order chi connectivity index (χ0) is 15.1. The predicted octanol–water partition coefficient (Wildman–Crippen LogP) is 1.98. The van der Waals surface area contributed by atoms with Gasteiger partial charge in [0, 0.05) is 12.4 Å². The van der Waals surface area contributed by atoms with Gasteiger partial charge in [-0.15, -0.1) is 0 Å². The van der Waals surface area contributed by atoms with Crippen molar-refractivity contribution in [3.63, 3.8) is 0 Å². The fourth-order valence-corrected chi connectivity index (χ4v) is 2.03. The molecule has 2 heterocycles. The number of hydrogen-bond acceptors (Lipinski definition) is 6. The fraction of sp³-hybridized carbons (Fsp3) is 0.400. The molecule has 0 saturated heterocycles. The molecule has 2 aromatic heterocycles. The van der Waals surface area contributed by atoms with Crippen LogP contribution in [-0.4, -0.2) is 35.7 Å². The first-order chi connectivity index (χ1) is 10.3. The molecule has 0 saturated carbocycles. The third kappa shape index (κ3) is 3.66. The van der Waals surface area contributed by atoms with Crippen LogP contribution in [0.25, 0.3) is 0 Å². The van der Waals surface area contributed by atoms with E-state index >= 15 is 0 Å². The molecule has 0 aliphatic carbocycles. The third-order valence-electron chi connectivity index (χ3n) is 3.06. The summed E-state index contributed by atoms with van der Waals surface area (Å²) in [7, 11) is 3.13. The van der Waals surface area contributed by atoms with Crippen molar-refractivity contribution >= 4 is 0 Å². The molecule has 0 aromatic carbocycles. The number of nitrogens with one attached hydrogen (secondary N) is 1. The Balaban J connectivity index is 2.41. The van der Waals surface area contributed by atoms with Crippen LogP contribution in [0.4, 0.5) is 0 Å².